The van der Waals surface area contributed by atoms with Crippen LogP contribution in [0.4, 0.5) is 0 Å². The number of aliphatic hydroxyl groups is 5. The van der Waals surface area contributed by atoms with Crippen LogP contribution in [0.15, 0.2) is 24.3 Å². The van der Waals surface area contributed by atoms with E-state index in [-0.39, 0.29) is 13.0 Å². The second-order valence-electron chi connectivity index (χ2n) is 24.3. The third kappa shape index (κ3) is 44.6. The number of amides is 1. The smallest absolute Gasteiger partial charge is 0.306 e. The van der Waals surface area contributed by atoms with Gasteiger partial charge in [0.25, 0.3) is 0 Å². The summed E-state index contributed by atoms with van der Waals surface area (Å²) in [5.74, 6) is -1.18. The zero-order valence-corrected chi connectivity index (χ0v) is 52.5. The first-order valence-electron chi connectivity index (χ1n) is 34.6. The lowest BCUT2D eigenvalue weighted by atomic mass is 9.99. The van der Waals surface area contributed by atoms with Gasteiger partial charge in [-0.2, -0.15) is 0 Å². The second kappa shape index (κ2) is 57.6. The van der Waals surface area contributed by atoms with Gasteiger partial charge in [-0.15, -0.1) is 0 Å². The number of hydrogen-bond donors (Lipinski definition) is 6. The Morgan fingerprint density at radius 1 is 0.475 bits per heavy atom. The number of hydrogen-bond acceptors (Lipinski definition) is 10. The van der Waals surface area contributed by atoms with E-state index in [0.29, 0.717) is 19.3 Å². The minimum absolute atomic E-state index is 0.130. The van der Waals surface area contributed by atoms with Crippen LogP contribution >= 0.6 is 0 Å². The topological polar surface area (TPSA) is 175 Å². The molecule has 6 N–H and O–H groups in total. The van der Waals surface area contributed by atoms with Crippen molar-refractivity contribution >= 4 is 11.9 Å². The summed E-state index contributed by atoms with van der Waals surface area (Å²) in [6, 6.07) is -1.02. The van der Waals surface area contributed by atoms with E-state index in [1.165, 1.54) is 238 Å². The van der Waals surface area contributed by atoms with Gasteiger partial charge < -0.3 is 45.1 Å². The fraction of sp³-hybridized carbons (Fsp3) is 0.913. The van der Waals surface area contributed by atoms with Crippen LogP contribution in [0.3, 0.4) is 0 Å². The average Bonchev–Trinajstić information content (AvgIpc) is 3.51. The summed E-state index contributed by atoms with van der Waals surface area (Å²) in [6.07, 6.45) is 57.9. The third-order valence-corrected chi connectivity index (χ3v) is 16.6. The molecule has 1 fully saturated rings. The fourth-order valence-electron chi connectivity index (χ4n) is 11.1. The molecule has 11 heteroatoms. The summed E-state index contributed by atoms with van der Waals surface area (Å²) in [5.41, 5.74) is 0. The highest BCUT2D eigenvalue weighted by Crippen LogP contribution is 2.26. The van der Waals surface area contributed by atoms with Crippen molar-refractivity contribution in [1.29, 1.82) is 0 Å². The van der Waals surface area contributed by atoms with Crippen molar-refractivity contribution in [3.05, 3.63) is 24.3 Å². The van der Waals surface area contributed by atoms with E-state index in [1.54, 1.807) is 6.08 Å². The molecule has 0 aromatic carbocycles. The number of rotatable bonds is 60. The van der Waals surface area contributed by atoms with Crippen molar-refractivity contribution in [1.82, 2.24) is 5.32 Å². The molecule has 0 aliphatic carbocycles. The van der Waals surface area contributed by atoms with Crippen LogP contribution < -0.4 is 5.32 Å². The summed E-state index contributed by atoms with van der Waals surface area (Å²) in [7, 11) is 0. The number of esters is 1. The summed E-state index contributed by atoms with van der Waals surface area (Å²) in [6.45, 7) is 5.83. The number of carbonyl (C=O) groups excluding carboxylic acids is 2. The van der Waals surface area contributed by atoms with Crippen molar-refractivity contribution in [3.63, 3.8) is 0 Å². The largest absolute Gasteiger partial charge is 0.454 e. The first-order valence-corrected chi connectivity index (χ1v) is 34.6. The molecule has 0 radical (unpaired) electrons. The lowest BCUT2D eigenvalue weighted by Crippen LogP contribution is -2.61. The monoisotopic (exact) mass is 1130 g/mol. The van der Waals surface area contributed by atoms with Gasteiger partial charge in [-0.25, -0.2) is 0 Å². The molecular weight excluding hydrogens is 1000 g/mol. The Balaban J connectivity index is 2.58. The van der Waals surface area contributed by atoms with Gasteiger partial charge in [0.2, 0.25) is 5.91 Å². The van der Waals surface area contributed by atoms with E-state index in [9.17, 15) is 35.1 Å². The van der Waals surface area contributed by atoms with Gasteiger partial charge in [-0.05, 0) is 51.4 Å². The van der Waals surface area contributed by atoms with Crippen molar-refractivity contribution < 1.29 is 49.3 Å². The molecule has 472 valence electrons. The lowest BCUT2D eigenvalue weighted by Gasteiger charge is -2.41. The number of carbonyl (C=O) groups is 2. The minimum atomic E-state index is -1.61. The molecule has 0 bridgehead atoms. The van der Waals surface area contributed by atoms with Crippen molar-refractivity contribution in [2.24, 2.45) is 0 Å². The quantitative estimate of drug-likeness (QED) is 0.0195. The zero-order chi connectivity index (χ0) is 58.2. The van der Waals surface area contributed by atoms with Gasteiger partial charge in [-0.1, -0.05) is 308 Å². The highest BCUT2D eigenvalue weighted by atomic mass is 16.7. The first-order chi connectivity index (χ1) is 39.2. The molecule has 8 atom stereocenters. The highest BCUT2D eigenvalue weighted by molar-refractivity contribution is 5.80. The van der Waals surface area contributed by atoms with E-state index in [1.807, 2.05) is 6.08 Å². The van der Waals surface area contributed by atoms with Crippen molar-refractivity contribution in [2.75, 3.05) is 13.2 Å². The Hall–Kier alpha value is -1.86. The average molecular weight is 1130 g/mol. The van der Waals surface area contributed by atoms with Crippen LogP contribution in [0, 0.1) is 0 Å². The van der Waals surface area contributed by atoms with E-state index >= 15 is 0 Å². The zero-order valence-electron chi connectivity index (χ0n) is 52.5. The standard InChI is InChI=1S/C69H131NO10/c1-4-7-10-13-16-19-22-25-27-28-29-30-31-32-33-34-35-36-38-41-44-47-50-53-56-62(73)68(77)70-60(61(72)55-52-49-46-43-40-37-24-21-18-15-12-9-6-3)59-78-69-67(66(76)65(75)63(58-71)79-69)80-64(74)57-54-51-48-45-42-39-26-23-20-17-14-11-8-5-2/h25,27,52,55,60-63,65-67,69,71-73,75-76H,4-24,26,28-51,53-54,56-59H2,1-3H3,(H,70,77)/b27-25+,55-52+. The maximum Gasteiger partial charge on any atom is 0.306 e. The molecular formula is C69H131NO10. The predicted molar refractivity (Wildman–Crippen MR) is 334 cm³/mol. The molecule has 80 heavy (non-hydrogen) atoms. The van der Waals surface area contributed by atoms with Crippen LogP contribution in [-0.4, -0.2) is 99.6 Å². The van der Waals surface area contributed by atoms with Gasteiger partial charge in [-0.3, -0.25) is 9.59 Å². The Bertz CT molecular complexity index is 1400. The third-order valence-electron chi connectivity index (χ3n) is 16.6. The maximum atomic E-state index is 13.5. The van der Waals surface area contributed by atoms with Crippen LogP contribution in [0.5, 0.6) is 0 Å². The van der Waals surface area contributed by atoms with Gasteiger partial charge >= 0.3 is 5.97 Å². The molecule has 0 saturated carbocycles. The van der Waals surface area contributed by atoms with Gasteiger partial charge in [0.1, 0.15) is 24.4 Å². The highest BCUT2D eigenvalue weighted by Gasteiger charge is 2.47. The molecule has 1 heterocycles. The molecule has 1 aliphatic rings. The number of nitrogens with one attached hydrogen (secondary N) is 1. The molecule has 1 aliphatic heterocycles. The van der Waals surface area contributed by atoms with Gasteiger partial charge in [0.05, 0.1) is 25.4 Å². The Labute approximate surface area is 492 Å². The van der Waals surface area contributed by atoms with Crippen molar-refractivity contribution in [2.45, 2.75) is 391 Å². The van der Waals surface area contributed by atoms with E-state index < -0.39 is 67.4 Å². The Morgan fingerprint density at radius 3 is 1.21 bits per heavy atom. The van der Waals surface area contributed by atoms with Crippen LogP contribution in [0.2, 0.25) is 0 Å². The summed E-state index contributed by atoms with van der Waals surface area (Å²) in [4.78, 5) is 26.6. The van der Waals surface area contributed by atoms with E-state index in [0.717, 1.165) is 57.8 Å². The van der Waals surface area contributed by atoms with E-state index in [2.05, 4.69) is 38.2 Å². The van der Waals surface area contributed by atoms with Crippen LogP contribution in [-0.2, 0) is 23.8 Å². The van der Waals surface area contributed by atoms with E-state index in [4.69, 9.17) is 14.2 Å². The minimum Gasteiger partial charge on any atom is -0.454 e. The normalized spacial score (nSPS) is 18.8. The molecule has 0 aromatic heterocycles. The molecule has 11 nitrogen and oxygen atoms in total. The number of aliphatic hydroxyl groups excluding tert-OH is 5. The Morgan fingerprint density at radius 2 is 0.825 bits per heavy atom. The van der Waals surface area contributed by atoms with Crippen LogP contribution in [0.1, 0.15) is 342 Å². The molecule has 1 rings (SSSR count). The molecule has 0 spiro atoms. The first kappa shape index (κ1) is 76.2. The number of ether oxygens (including phenoxy) is 3. The fourth-order valence-corrected chi connectivity index (χ4v) is 11.1. The number of unbranched alkanes of at least 4 members (excludes halogenated alkanes) is 44. The molecule has 1 saturated heterocycles. The molecule has 8 unspecified atom stereocenters. The molecule has 1 amide bonds. The van der Waals surface area contributed by atoms with Crippen LogP contribution in [0.25, 0.3) is 0 Å². The lowest BCUT2D eigenvalue weighted by molar-refractivity contribution is -0.305. The summed E-state index contributed by atoms with van der Waals surface area (Å²) >= 11 is 0. The summed E-state index contributed by atoms with van der Waals surface area (Å²) in [5, 5.41) is 57.2. The predicted octanol–water partition coefficient (Wildman–Crippen LogP) is 17.2. The SMILES string of the molecule is CCCCCCCC/C=C/CCCCCCCCCCCCCCCCC(O)C(=O)NC(COC1OC(CO)C(O)C(O)C1OC(=O)CCCCCCCCCCCCCCCC)C(O)/C=C/CCCCCCCCCCCCC. The van der Waals surface area contributed by atoms with Gasteiger partial charge in [0.15, 0.2) is 12.4 Å². The summed E-state index contributed by atoms with van der Waals surface area (Å²) < 4.78 is 17.7. The van der Waals surface area contributed by atoms with Crippen molar-refractivity contribution in [3.8, 4) is 0 Å². The Kier molecular flexibility index (Phi) is 54.8. The second-order valence-corrected chi connectivity index (χ2v) is 24.3. The maximum absolute atomic E-state index is 13.5. The number of allylic oxidation sites excluding steroid dienone is 3. The van der Waals surface area contributed by atoms with Gasteiger partial charge in [0, 0.05) is 6.42 Å². The molecule has 0 aromatic rings.